The Morgan fingerprint density at radius 2 is 2.35 bits per heavy atom. The van der Waals surface area contributed by atoms with Crippen molar-refractivity contribution in [2.75, 3.05) is 11.9 Å². The van der Waals surface area contributed by atoms with Gasteiger partial charge in [0.05, 0.1) is 18.6 Å². The SMILES string of the molecule is CCOC(=O)[C@H]1CCc2sc(NC(=O)c3cc(=O)[nH]cn3)nc21. The highest BCUT2D eigenvalue weighted by atomic mass is 32.1. The molecule has 0 saturated carbocycles. The van der Waals surface area contributed by atoms with Crippen molar-refractivity contribution in [3.8, 4) is 0 Å². The number of H-pyrrole nitrogens is 1. The number of carbonyl (C=O) groups is 2. The van der Waals surface area contributed by atoms with E-state index in [9.17, 15) is 14.4 Å². The Morgan fingerprint density at radius 1 is 1.52 bits per heavy atom. The van der Waals surface area contributed by atoms with Crippen LogP contribution in [0, 0.1) is 0 Å². The molecule has 0 unspecified atom stereocenters. The number of ether oxygens (including phenoxy) is 1. The predicted molar refractivity (Wildman–Crippen MR) is 82.6 cm³/mol. The van der Waals surface area contributed by atoms with E-state index >= 15 is 0 Å². The summed E-state index contributed by atoms with van der Waals surface area (Å²) in [5, 5.41) is 2.99. The van der Waals surface area contributed by atoms with E-state index in [-0.39, 0.29) is 17.6 Å². The first kappa shape index (κ1) is 15.3. The number of hydrogen-bond donors (Lipinski definition) is 2. The van der Waals surface area contributed by atoms with Crippen LogP contribution in [0.1, 0.15) is 40.3 Å². The Bertz CT molecular complexity index is 813. The number of hydrogen-bond acceptors (Lipinski definition) is 7. The smallest absolute Gasteiger partial charge is 0.315 e. The lowest BCUT2D eigenvalue weighted by Gasteiger charge is -2.07. The predicted octanol–water partition coefficient (Wildman–Crippen LogP) is 1.07. The summed E-state index contributed by atoms with van der Waals surface area (Å²) in [6.07, 6.45) is 2.57. The van der Waals surface area contributed by atoms with Crippen molar-refractivity contribution in [3.05, 3.63) is 39.0 Å². The van der Waals surface area contributed by atoms with E-state index in [4.69, 9.17) is 4.74 Å². The van der Waals surface area contributed by atoms with Gasteiger partial charge < -0.3 is 9.72 Å². The van der Waals surface area contributed by atoms with Crippen LogP contribution in [0.15, 0.2) is 17.2 Å². The second-order valence-electron chi connectivity index (χ2n) is 4.92. The molecule has 3 rings (SSSR count). The molecule has 2 heterocycles. The minimum Gasteiger partial charge on any atom is -0.465 e. The van der Waals surface area contributed by atoms with Gasteiger partial charge in [0.2, 0.25) is 0 Å². The van der Waals surface area contributed by atoms with Crippen molar-refractivity contribution in [3.63, 3.8) is 0 Å². The van der Waals surface area contributed by atoms with Gasteiger partial charge in [0.1, 0.15) is 11.6 Å². The first-order valence-corrected chi connectivity index (χ1v) is 7.92. The third kappa shape index (κ3) is 3.14. The molecule has 0 aliphatic heterocycles. The van der Waals surface area contributed by atoms with Crippen LogP contribution in [-0.2, 0) is 16.0 Å². The highest BCUT2D eigenvalue weighted by Gasteiger charge is 2.33. The highest BCUT2D eigenvalue weighted by molar-refractivity contribution is 7.16. The fourth-order valence-corrected chi connectivity index (χ4v) is 3.44. The van der Waals surface area contributed by atoms with Crippen molar-refractivity contribution in [2.24, 2.45) is 0 Å². The monoisotopic (exact) mass is 334 g/mol. The topological polar surface area (TPSA) is 114 Å². The van der Waals surface area contributed by atoms with Crippen LogP contribution >= 0.6 is 11.3 Å². The van der Waals surface area contributed by atoms with Gasteiger partial charge in [-0.05, 0) is 19.8 Å². The molecule has 0 saturated heterocycles. The van der Waals surface area contributed by atoms with Gasteiger partial charge in [-0.25, -0.2) is 9.97 Å². The number of fused-ring (bicyclic) bond motifs is 1. The lowest BCUT2D eigenvalue weighted by molar-refractivity contribution is -0.145. The number of aromatic amines is 1. The number of nitrogens with one attached hydrogen (secondary N) is 2. The molecule has 8 nitrogen and oxygen atoms in total. The number of anilines is 1. The number of aromatic nitrogens is 3. The summed E-state index contributed by atoms with van der Waals surface area (Å²) in [7, 11) is 0. The fourth-order valence-electron chi connectivity index (χ4n) is 2.41. The number of esters is 1. The van der Waals surface area contributed by atoms with Gasteiger partial charge in [0.25, 0.3) is 11.5 Å². The fraction of sp³-hybridized carbons (Fsp3) is 0.357. The molecule has 0 fully saturated rings. The Balaban J connectivity index is 1.76. The van der Waals surface area contributed by atoms with Gasteiger partial charge >= 0.3 is 5.97 Å². The normalized spacial score (nSPS) is 16.0. The summed E-state index contributed by atoms with van der Waals surface area (Å²) in [4.78, 5) is 46.6. The maximum atomic E-state index is 12.1. The molecule has 0 bridgehead atoms. The van der Waals surface area contributed by atoms with Crippen LogP contribution < -0.4 is 10.9 Å². The number of amides is 1. The van der Waals surface area contributed by atoms with E-state index in [1.54, 1.807) is 6.92 Å². The van der Waals surface area contributed by atoms with Crippen LogP contribution in [0.4, 0.5) is 5.13 Å². The minimum absolute atomic E-state index is 0.00560. The maximum Gasteiger partial charge on any atom is 0.315 e. The summed E-state index contributed by atoms with van der Waals surface area (Å²) in [6, 6.07) is 1.11. The molecule has 23 heavy (non-hydrogen) atoms. The molecular weight excluding hydrogens is 320 g/mol. The zero-order valence-corrected chi connectivity index (χ0v) is 13.1. The summed E-state index contributed by atoms with van der Waals surface area (Å²) in [6.45, 7) is 2.08. The number of thiazole rings is 1. The second-order valence-corrected chi connectivity index (χ2v) is 6.00. The number of aryl methyl sites for hydroxylation is 1. The molecule has 120 valence electrons. The van der Waals surface area contributed by atoms with E-state index < -0.39 is 11.5 Å². The van der Waals surface area contributed by atoms with E-state index in [1.807, 2.05) is 0 Å². The molecule has 1 amide bonds. The molecule has 1 atom stereocenters. The van der Waals surface area contributed by atoms with Crippen molar-refractivity contribution < 1.29 is 14.3 Å². The Kier molecular flexibility index (Phi) is 4.20. The van der Waals surface area contributed by atoms with Crippen molar-refractivity contribution in [1.29, 1.82) is 0 Å². The van der Waals surface area contributed by atoms with Gasteiger partial charge in [-0.1, -0.05) is 0 Å². The van der Waals surface area contributed by atoms with Crippen LogP contribution in [0.25, 0.3) is 0 Å². The number of nitrogens with zero attached hydrogens (tertiary/aromatic N) is 2. The van der Waals surface area contributed by atoms with E-state index in [2.05, 4.69) is 20.3 Å². The third-order valence-corrected chi connectivity index (χ3v) is 4.47. The molecule has 2 aromatic heterocycles. The van der Waals surface area contributed by atoms with E-state index in [1.165, 1.54) is 11.3 Å². The molecular formula is C14H14N4O4S. The lowest BCUT2D eigenvalue weighted by Crippen LogP contribution is -2.18. The number of carbonyl (C=O) groups excluding carboxylic acids is 2. The van der Waals surface area contributed by atoms with E-state index in [0.29, 0.717) is 23.9 Å². The molecule has 2 N–H and O–H groups in total. The highest BCUT2D eigenvalue weighted by Crippen LogP contribution is 2.38. The van der Waals surface area contributed by atoms with E-state index in [0.717, 1.165) is 23.7 Å². The molecule has 1 aliphatic rings. The number of rotatable bonds is 4. The van der Waals surface area contributed by atoms with Crippen LogP contribution in [0.5, 0.6) is 0 Å². The van der Waals surface area contributed by atoms with Crippen molar-refractivity contribution in [1.82, 2.24) is 15.0 Å². The summed E-state index contributed by atoms with van der Waals surface area (Å²) in [5.74, 6) is -1.17. The maximum absolute atomic E-state index is 12.1. The first-order valence-electron chi connectivity index (χ1n) is 7.10. The third-order valence-electron chi connectivity index (χ3n) is 3.42. The molecule has 0 aromatic carbocycles. The van der Waals surface area contributed by atoms with Crippen LogP contribution in [0.3, 0.4) is 0 Å². The van der Waals surface area contributed by atoms with Gasteiger partial charge in [-0.2, -0.15) is 0 Å². The molecule has 2 aromatic rings. The molecule has 0 spiro atoms. The second kappa shape index (κ2) is 6.29. The van der Waals surface area contributed by atoms with Gasteiger partial charge in [0, 0.05) is 10.9 Å². The first-order chi connectivity index (χ1) is 11.1. The average Bonchev–Trinajstić information content (AvgIpc) is 3.07. The van der Waals surface area contributed by atoms with Gasteiger partial charge in [-0.3, -0.25) is 19.7 Å². The van der Waals surface area contributed by atoms with Crippen LogP contribution in [-0.4, -0.2) is 33.4 Å². The largest absolute Gasteiger partial charge is 0.465 e. The molecule has 0 radical (unpaired) electrons. The average molecular weight is 334 g/mol. The summed E-state index contributed by atoms with van der Waals surface area (Å²) >= 11 is 1.32. The Labute approximate surface area is 134 Å². The standard InChI is InChI=1S/C14H14N4O4S/c1-2-22-13(21)7-3-4-9-11(7)17-14(23-9)18-12(20)8-5-10(19)16-6-15-8/h5-7H,2-4H2,1H3,(H,15,16,19)(H,17,18,20)/t7-/m0/s1. The van der Waals surface area contributed by atoms with Gasteiger partial charge in [-0.15, -0.1) is 11.3 Å². The molecule has 9 heteroatoms. The van der Waals surface area contributed by atoms with Crippen molar-refractivity contribution >= 4 is 28.3 Å². The summed E-state index contributed by atoms with van der Waals surface area (Å²) in [5.41, 5.74) is 0.267. The van der Waals surface area contributed by atoms with Crippen LogP contribution in [0.2, 0.25) is 0 Å². The summed E-state index contributed by atoms with van der Waals surface area (Å²) < 4.78 is 5.05. The Hall–Kier alpha value is -2.55. The van der Waals surface area contributed by atoms with Gasteiger partial charge in [0.15, 0.2) is 5.13 Å². The molecule has 1 aliphatic carbocycles. The zero-order valence-electron chi connectivity index (χ0n) is 12.3. The lowest BCUT2D eigenvalue weighted by atomic mass is 10.1. The quantitative estimate of drug-likeness (QED) is 0.809. The zero-order chi connectivity index (χ0) is 16.4. The minimum atomic E-state index is -0.517. The Morgan fingerprint density at radius 3 is 3.09 bits per heavy atom. The van der Waals surface area contributed by atoms with Crippen molar-refractivity contribution in [2.45, 2.75) is 25.7 Å².